The van der Waals surface area contributed by atoms with E-state index >= 15 is 0 Å². The monoisotopic (exact) mass is 434 g/mol. The van der Waals surface area contributed by atoms with Crippen LogP contribution in [0.15, 0.2) is 0 Å². The van der Waals surface area contributed by atoms with E-state index in [1.807, 2.05) is 0 Å². The van der Waals surface area contributed by atoms with E-state index in [1.54, 1.807) is 0 Å². The third kappa shape index (κ3) is 22.0. The molecule has 0 aromatic rings. The molecule has 0 fully saturated rings. The van der Waals surface area contributed by atoms with Crippen LogP contribution in [0.5, 0.6) is 0 Å². The van der Waals surface area contributed by atoms with Crippen molar-refractivity contribution >= 4 is 5.91 Å². The molecule has 0 aromatic heterocycles. The fourth-order valence-electron chi connectivity index (χ4n) is 4.07. The molecule has 31 heavy (non-hydrogen) atoms. The number of terminal acetylenes is 1. The third-order valence-corrected chi connectivity index (χ3v) is 6.25. The molecule has 0 bridgehead atoms. The first-order chi connectivity index (χ1) is 15.1. The quantitative estimate of drug-likeness (QED) is 0.133. The second kappa shape index (κ2) is 23.6. The van der Waals surface area contributed by atoms with Crippen molar-refractivity contribution in [1.29, 1.82) is 0 Å². The molecule has 0 radical (unpaired) electrons. The van der Waals surface area contributed by atoms with Gasteiger partial charge in [0.05, 0.1) is 0 Å². The first kappa shape index (κ1) is 30.0. The van der Waals surface area contributed by atoms with E-state index in [0.717, 1.165) is 32.5 Å². The molecule has 1 amide bonds. The maximum absolute atomic E-state index is 12.0. The Kier molecular flexibility index (Phi) is 22.9. The van der Waals surface area contributed by atoms with Crippen molar-refractivity contribution in [3.63, 3.8) is 0 Å². The Morgan fingerprint density at radius 3 is 1.65 bits per heavy atom. The summed E-state index contributed by atoms with van der Waals surface area (Å²) >= 11 is 0. The third-order valence-electron chi connectivity index (χ3n) is 6.25. The van der Waals surface area contributed by atoms with Crippen molar-refractivity contribution < 1.29 is 4.79 Å². The minimum Gasteiger partial charge on any atom is -0.356 e. The first-order valence-corrected chi connectivity index (χ1v) is 13.6. The van der Waals surface area contributed by atoms with Crippen LogP contribution in [0.1, 0.15) is 136 Å². The van der Waals surface area contributed by atoms with Crippen LogP contribution < -0.4 is 5.32 Å². The molecule has 1 N–H and O–H groups in total. The molecule has 0 unspecified atom stereocenters. The number of carbonyl (C=O) groups excluding carboxylic acids is 1. The molecule has 3 heteroatoms. The highest BCUT2D eigenvalue weighted by atomic mass is 16.1. The van der Waals surface area contributed by atoms with Crippen molar-refractivity contribution in [3.05, 3.63) is 0 Å². The Balaban J connectivity index is 3.33. The van der Waals surface area contributed by atoms with Crippen molar-refractivity contribution in [1.82, 2.24) is 10.2 Å². The van der Waals surface area contributed by atoms with Crippen molar-refractivity contribution in [2.24, 2.45) is 0 Å². The predicted molar refractivity (Wildman–Crippen MR) is 137 cm³/mol. The average molecular weight is 435 g/mol. The zero-order valence-corrected chi connectivity index (χ0v) is 21.4. The summed E-state index contributed by atoms with van der Waals surface area (Å²) in [6, 6.07) is 0.432. The molecule has 0 atom stereocenters. The maximum Gasteiger partial charge on any atom is 0.221 e. The molecular weight excluding hydrogens is 380 g/mol. The van der Waals surface area contributed by atoms with Gasteiger partial charge >= 0.3 is 0 Å². The molecule has 0 aromatic carbocycles. The molecule has 0 aliphatic heterocycles. The smallest absolute Gasteiger partial charge is 0.221 e. The summed E-state index contributed by atoms with van der Waals surface area (Å²) in [7, 11) is 0. The predicted octanol–water partition coefficient (Wildman–Crippen LogP) is 7.49. The molecule has 0 aliphatic carbocycles. The Morgan fingerprint density at radius 2 is 1.23 bits per heavy atom. The van der Waals surface area contributed by atoms with Gasteiger partial charge in [-0.25, -0.2) is 0 Å². The van der Waals surface area contributed by atoms with Gasteiger partial charge in [0.1, 0.15) is 0 Å². The molecule has 3 nitrogen and oxygen atoms in total. The van der Waals surface area contributed by atoms with Gasteiger partial charge in [0.25, 0.3) is 0 Å². The van der Waals surface area contributed by atoms with Crippen LogP contribution in [0.4, 0.5) is 0 Å². The van der Waals surface area contributed by atoms with Crippen molar-refractivity contribution in [3.8, 4) is 12.3 Å². The van der Waals surface area contributed by atoms with Crippen LogP contribution >= 0.6 is 0 Å². The standard InChI is InChI=1S/C28H54N2O/c1-5-7-9-10-11-12-13-14-15-16-17-18-19-20-21-22-24-29-28(31)23-26-30(27(3)4)25-8-6-2/h2,27H,5,7-26H2,1,3-4H3,(H,29,31). The van der Waals surface area contributed by atoms with Gasteiger partial charge in [-0.3, -0.25) is 9.69 Å². The number of rotatable bonds is 23. The molecule has 0 rings (SSSR count). The van der Waals surface area contributed by atoms with Gasteiger partial charge in [-0.05, 0) is 20.3 Å². The topological polar surface area (TPSA) is 32.3 Å². The highest BCUT2D eigenvalue weighted by molar-refractivity contribution is 5.76. The Hall–Kier alpha value is -1.01. The number of amides is 1. The number of hydrogen-bond acceptors (Lipinski definition) is 2. The summed E-state index contributed by atoms with van der Waals surface area (Å²) in [5.74, 6) is 2.86. The van der Waals surface area contributed by atoms with Gasteiger partial charge in [0.15, 0.2) is 0 Å². The van der Waals surface area contributed by atoms with Crippen LogP contribution in [-0.2, 0) is 4.79 Å². The van der Waals surface area contributed by atoms with Gasteiger partial charge in [-0.2, -0.15) is 0 Å². The maximum atomic E-state index is 12.0. The van der Waals surface area contributed by atoms with Crippen LogP contribution in [0, 0.1) is 12.3 Å². The minimum absolute atomic E-state index is 0.173. The largest absolute Gasteiger partial charge is 0.356 e. The van der Waals surface area contributed by atoms with Crippen LogP contribution in [-0.4, -0.2) is 36.5 Å². The Morgan fingerprint density at radius 1 is 0.774 bits per heavy atom. The van der Waals surface area contributed by atoms with Crippen LogP contribution in [0.25, 0.3) is 0 Å². The van der Waals surface area contributed by atoms with E-state index in [4.69, 9.17) is 6.42 Å². The highest BCUT2D eigenvalue weighted by Crippen LogP contribution is 2.13. The lowest BCUT2D eigenvalue weighted by atomic mass is 10.0. The minimum atomic E-state index is 0.173. The summed E-state index contributed by atoms with van der Waals surface area (Å²) in [5, 5.41) is 3.08. The molecule has 0 spiro atoms. The molecule has 0 heterocycles. The molecule has 0 aliphatic rings. The second-order valence-electron chi connectivity index (χ2n) is 9.49. The van der Waals surface area contributed by atoms with E-state index in [9.17, 15) is 4.79 Å². The fraction of sp³-hybridized carbons (Fsp3) is 0.893. The Labute approximate surface area is 195 Å². The lowest BCUT2D eigenvalue weighted by molar-refractivity contribution is -0.121. The van der Waals surface area contributed by atoms with E-state index in [-0.39, 0.29) is 5.91 Å². The van der Waals surface area contributed by atoms with E-state index in [0.29, 0.717) is 12.5 Å². The number of nitrogens with one attached hydrogen (secondary N) is 1. The van der Waals surface area contributed by atoms with Crippen molar-refractivity contribution in [2.75, 3.05) is 19.6 Å². The zero-order chi connectivity index (χ0) is 23.0. The SMILES string of the molecule is C#CCCN(CCC(=O)NCCCCCCCCCCCCCCCCCC)C(C)C. The zero-order valence-electron chi connectivity index (χ0n) is 21.4. The fourth-order valence-corrected chi connectivity index (χ4v) is 4.07. The van der Waals surface area contributed by atoms with E-state index < -0.39 is 0 Å². The second-order valence-corrected chi connectivity index (χ2v) is 9.49. The van der Waals surface area contributed by atoms with Gasteiger partial charge in [-0.15, -0.1) is 12.3 Å². The van der Waals surface area contributed by atoms with Gasteiger partial charge in [0.2, 0.25) is 5.91 Å². The molecular formula is C28H54N2O. The van der Waals surface area contributed by atoms with Crippen molar-refractivity contribution in [2.45, 2.75) is 142 Å². The summed E-state index contributed by atoms with van der Waals surface area (Å²) in [5.41, 5.74) is 0. The van der Waals surface area contributed by atoms with Gasteiger partial charge < -0.3 is 5.32 Å². The molecule has 0 saturated heterocycles. The summed E-state index contributed by atoms with van der Waals surface area (Å²) in [4.78, 5) is 14.3. The summed E-state index contributed by atoms with van der Waals surface area (Å²) in [6.07, 6.45) is 28.7. The van der Waals surface area contributed by atoms with E-state index in [2.05, 4.69) is 36.9 Å². The lowest BCUT2D eigenvalue weighted by Gasteiger charge is -2.25. The summed E-state index contributed by atoms with van der Waals surface area (Å²) < 4.78 is 0. The number of carbonyl (C=O) groups is 1. The normalized spacial score (nSPS) is 11.2. The summed E-state index contributed by atoms with van der Waals surface area (Å²) in [6.45, 7) is 9.09. The molecule has 0 saturated carbocycles. The number of nitrogens with zero attached hydrogens (tertiary/aromatic N) is 1. The highest BCUT2D eigenvalue weighted by Gasteiger charge is 2.10. The number of hydrogen-bond donors (Lipinski definition) is 1. The lowest BCUT2D eigenvalue weighted by Crippen LogP contribution is -2.36. The van der Waals surface area contributed by atoms with Gasteiger partial charge in [-0.1, -0.05) is 103 Å². The average Bonchev–Trinajstić information content (AvgIpc) is 2.75. The first-order valence-electron chi connectivity index (χ1n) is 13.6. The van der Waals surface area contributed by atoms with Crippen LogP contribution in [0.3, 0.4) is 0 Å². The van der Waals surface area contributed by atoms with Crippen LogP contribution in [0.2, 0.25) is 0 Å². The number of unbranched alkanes of at least 4 members (excludes halogenated alkanes) is 15. The Bertz CT molecular complexity index is 427. The van der Waals surface area contributed by atoms with Gasteiger partial charge in [0, 0.05) is 38.5 Å². The van der Waals surface area contributed by atoms with E-state index in [1.165, 1.54) is 96.3 Å². The molecule has 182 valence electrons.